The normalized spacial score (nSPS) is 14.0. The molecule has 0 spiro atoms. The van der Waals surface area contributed by atoms with Crippen LogP contribution in [0.2, 0.25) is 0 Å². The Balaban J connectivity index is 1.85. The van der Waals surface area contributed by atoms with E-state index in [0.717, 1.165) is 36.1 Å². The molecule has 0 aliphatic heterocycles. The lowest BCUT2D eigenvalue weighted by Gasteiger charge is -2.07. The van der Waals surface area contributed by atoms with Gasteiger partial charge in [-0.1, -0.05) is 12.5 Å². The molecule has 0 aromatic carbocycles. The molecular formula is C17H19NO3S2. The van der Waals surface area contributed by atoms with Gasteiger partial charge in [0.1, 0.15) is 5.00 Å². The number of carbonyl (C=O) groups excluding carboxylic acids is 2. The van der Waals surface area contributed by atoms with Crippen molar-refractivity contribution in [3.05, 3.63) is 38.4 Å². The zero-order chi connectivity index (χ0) is 16.2. The fraction of sp³-hybridized carbons (Fsp3) is 0.412. The van der Waals surface area contributed by atoms with Gasteiger partial charge in [-0.3, -0.25) is 4.79 Å². The van der Waals surface area contributed by atoms with Gasteiger partial charge in [-0.25, -0.2) is 4.79 Å². The average Bonchev–Trinajstić information content (AvgIpc) is 3.09. The molecule has 0 bridgehead atoms. The number of methoxy groups -OCH3 is 1. The maximum absolute atomic E-state index is 12.3. The Hall–Kier alpha value is -1.66. The second-order valence-corrected chi connectivity index (χ2v) is 7.70. The van der Waals surface area contributed by atoms with Gasteiger partial charge in [0.15, 0.2) is 0 Å². The van der Waals surface area contributed by atoms with Crippen LogP contribution in [0.4, 0.5) is 5.00 Å². The Bertz CT molecular complexity index is 704. The number of thiophene rings is 2. The predicted octanol–water partition coefficient (Wildman–Crippen LogP) is 4.05. The van der Waals surface area contributed by atoms with Crippen molar-refractivity contribution in [3.63, 3.8) is 0 Å². The third-order valence-electron chi connectivity index (χ3n) is 3.98. The summed E-state index contributed by atoms with van der Waals surface area (Å²) >= 11 is 3.09. The first kappa shape index (κ1) is 16.2. The van der Waals surface area contributed by atoms with Crippen molar-refractivity contribution in [1.29, 1.82) is 0 Å². The van der Waals surface area contributed by atoms with Crippen molar-refractivity contribution in [2.24, 2.45) is 0 Å². The van der Waals surface area contributed by atoms with E-state index in [2.05, 4.69) is 5.32 Å². The van der Waals surface area contributed by atoms with E-state index < -0.39 is 0 Å². The number of fused-ring (bicyclic) bond motifs is 1. The van der Waals surface area contributed by atoms with Crippen molar-refractivity contribution >= 4 is 39.6 Å². The van der Waals surface area contributed by atoms with Crippen molar-refractivity contribution in [3.8, 4) is 0 Å². The number of carbonyl (C=O) groups is 2. The Morgan fingerprint density at radius 3 is 2.83 bits per heavy atom. The summed E-state index contributed by atoms with van der Waals surface area (Å²) in [4.78, 5) is 26.7. The molecule has 6 heteroatoms. The summed E-state index contributed by atoms with van der Waals surface area (Å²) in [6, 6.07) is 3.87. The third kappa shape index (κ3) is 3.64. The molecule has 0 saturated heterocycles. The Morgan fingerprint density at radius 1 is 1.26 bits per heavy atom. The number of esters is 1. The maximum atomic E-state index is 12.3. The number of aryl methyl sites for hydroxylation is 1. The molecule has 23 heavy (non-hydrogen) atoms. The molecule has 0 atom stereocenters. The van der Waals surface area contributed by atoms with Crippen molar-refractivity contribution in [1.82, 2.24) is 0 Å². The van der Waals surface area contributed by atoms with E-state index in [9.17, 15) is 9.59 Å². The summed E-state index contributed by atoms with van der Waals surface area (Å²) < 4.78 is 4.95. The highest BCUT2D eigenvalue weighted by Gasteiger charge is 2.26. The number of nitrogens with one attached hydrogen (secondary N) is 1. The minimum atomic E-state index is -0.351. The smallest absolute Gasteiger partial charge is 0.341 e. The molecule has 2 aromatic rings. The molecular weight excluding hydrogens is 330 g/mol. The van der Waals surface area contributed by atoms with Crippen LogP contribution in [0.25, 0.3) is 0 Å². The van der Waals surface area contributed by atoms with Crippen LogP contribution in [0.1, 0.15) is 44.9 Å². The molecule has 1 N–H and O–H groups in total. The number of amides is 1. The number of ether oxygens (including phenoxy) is 1. The molecule has 122 valence electrons. The summed E-state index contributed by atoms with van der Waals surface area (Å²) in [5.74, 6) is -0.440. The molecule has 1 amide bonds. The molecule has 0 unspecified atom stereocenters. The lowest BCUT2D eigenvalue weighted by molar-refractivity contribution is -0.115. The second-order valence-electron chi connectivity index (χ2n) is 5.56. The highest BCUT2D eigenvalue weighted by atomic mass is 32.1. The van der Waals surface area contributed by atoms with Crippen LogP contribution >= 0.6 is 22.7 Å². The van der Waals surface area contributed by atoms with Crippen molar-refractivity contribution in [2.75, 3.05) is 12.4 Å². The minimum absolute atomic E-state index is 0.0889. The maximum Gasteiger partial charge on any atom is 0.341 e. The summed E-state index contributed by atoms with van der Waals surface area (Å²) in [5, 5.41) is 5.53. The van der Waals surface area contributed by atoms with Crippen LogP contribution in [0.3, 0.4) is 0 Å². The van der Waals surface area contributed by atoms with Crippen LogP contribution in [0.15, 0.2) is 17.5 Å². The van der Waals surface area contributed by atoms with E-state index in [4.69, 9.17) is 4.74 Å². The summed E-state index contributed by atoms with van der Waals surface area (Å²) in [6.07, 6.45) is 5.60. The topological polar surface area (TPSA) is 55.4 Å². The minimum Gasteiger partial charge on any atom is -0.465 e. The quantitative estimate of drug-likeness (QED) is 0.669. The zero-order valence-electron chi connectivity index (χ0n) is 13.0. The van der Waals surface area contributed by atoms with Gasteiger partial charge in [0.2, 0.25) is 5.91 Å². The van der Waals surface area contributed by atoms with Gasteiger partial charge in [0.05, 0.1) is 19.1 Å². The van der Waals surface area contributed by atoms with Crippen molar-refractivity contribution in [2.45, 2.75) is 38.5 Å². The molecule has 0 saturated carbocycles. The summed E-state index contributed by atoms with van der Waals surface area (Å²) in [6.45, 7) is 0. The Kier molecular flexibility index (Phi) is 5.13. The Morgan fingerprint density at radius 2 is 2.09 bits per heavy atom. The highest BCUT2D eigenvalue weighted by molar-refractivity contribution is 7.17. The van der Waals surface area contributed by atoms with Gasteiger partial charge in [0.25, 0.3) is 0 Å². The molecule has 1 aliphatic carbocycles. The lowest BCUT2D eigenvalue weighted by Crippen LogP contribution is -2.16. The number of anilines is 1. The monoisotopic (exact) mass is 349 g/mol. The van der Waals surface area contributed by atoms with Gasteiger partial charge < -0.3 is 10.1 Å². The second kappa shape index (κ2) is 7.27. The van der Waals surface area contributed by atoms with Gasteiger partial charge in [-0.05, 0) is 42.7 Å². The zero-order valence-corrected chi connectivity index (χ0v) is 14.6. The molecule has 2 aromatic heterocycles. The van der Waals surface area contributed by atoms with E-state index in [0.29, 0.717) is 17.0 Å². The predicted molar refractivity (Wildman–Crippen MR) is 93.6 cm³/mol. The number of hydrogen-bond donors (Lipinski definition) is 1. The van der Waals surface area contributed by atoms with Crippen LogP contribution < -0.4 is 5.32 Å². The van der Waals surface area contributed by atoms with Gasteiger partial charge in [-0.2, -0.15) is 0 Å². The average molecular weight is 349 g/mol. The fourth-order valence-electron chi connectivity index (χ4n) is 2.89. The number of rotatable bonds is 4. The summed E-state index contributed by atoms with van der Waals surface area (Å²) in [7, 11) is 1.39. The lowest BCUT2D eigenvalue weighted by atomic mass is 10.1. The largest absolute Gasteiger partial charge is 0.465 e. The molecule has 4 nitrogen and oxygen atoms in total. The first-order valence-electron chi connectivity index (χ1n) is 7.74. The molecule has 1 aliphatic rings. The highest BCUT2D eigenvalue weighted by Crippen LogP contribution is 2.38. The number of hydrogen-bond acceptors (Lipinski definition) is 5. The van der Waals surface area contributed by atoms with Gasteiger partial charge in [-0.15, -0.1) is 22.7 Å². The third-order valence-corrected chi connectivity index (χ3v) is 6.06. The van der Waals surface area contributed by atoms with Crippen molar-refractivity contribution < 1.29 is 14.3 Å². The van der Waals surface area contributed by atoms with Crippen LogP contribution in [-0.4, -0.2) is 19.0 Å². The van der Waals surface area contributed by atoms with E-state index in [1.54, 1.807) is 11.3 Å². The first-order valence-corrected chi connectivity index (χ1v) is 9.43. The van der Waals surface area contributed by atoms with E-state index >= 15 is 0 Å². The van der Waals surface area contributed by atoms with Crippen LogP contribution in [0.5, 0.6) is 0 Å². The van der Waals surface area contributed by atoms with E-state index in [-0.39, 0.29) is 11.9 Å². The van der Waals surface area contributed by atoms with E-state index in [1.165, 1.54) is 29.7 Å². The first-order chi connectivity index (χ1) is 11.2. The standard InChI is InChI=1S/C17H19NO3S2/c1-21-17(20)15-12-7-3-2-4-8-13(12)23-16(15)18-14(19)10-11-6-5-9-22-11/h5-6,9H,2-4,7-8,10H2,1H3,(H,18,19). The van der Waals surface area contributed by atoms with Gasteiger partial charge in [0, 0.05) is 9.75 Å². The van der Waals surface area contributed by atoms with E-state index in [1.807, 2.05) is 17.5 Å². The molecule has 0 radical (unpaired) electrons. The molecule has 0 fully saturated rings. The SMILES string of the molecule is COC(=O)c1c(NC(=O)Cc2cccs2)sc2c1CCCCC2. The van der Waals surface area contributed by atoms with Crippen LogP contribution in [-0.2, 0) is 28.8 Å². The summed E-state index contributed by atoms with van der Waals surface area (Å²) in [5.41, 5.74) is 1.64. The molecule has 3 rings (SSSR count). The van der Waals surface area contributed by atoms with Crippen LogP contribution in [0, 0.1) is 0 Å². The Labute approximate surface area is 143 Å². The fourth-order valence-corrected chi connectivity index (χ4v) is 4.89. The van der Waals surface area contributed by atoms with Gasteiger partial charge >= 0.3 is 5.97 Å². The molecule has 2 heterocycles.